The van der Waals surface area contributed by atoms with E-state index in [1.807, 2.05) is 6.92 Å². The molecule has 1 saturated carbocycles. The van der Waals surface area contributed by atoms with Crippen molar-refractivity contribution in [2.75, 3.05) is 13.2 Å². The number of piperidine rings is 1. The Morgan fingerprint density at radius 3 is 3.29 bits per heavy atom. The minimum Gasteiger partial charge on any atom is -0.465 e. The number of fused-ring (bicyclic) bond motifs is 3. The number of rotatable bonds is 2. The Hall–Kier alpha value is -0.570. The molecule has 14 heavy (non-hydrogen) atoms. The van der Waals surface area contributed by atoms with Crippen LogP contribution in [0, 0.1) is 5.92 Å². The summed E-state index contributed by atoms with van der Waals surface area (Å²) in [5.41, 5.74) is -0.191. The Bertz CT molecular complexity index is 278. The van der Waals surface area contributed by atoms with Crippen molar-refractivity contribution >= 4 is 5.97 Å². The summed E-state index contributed by atoms with van der Waals surface area (Å²) in [5.74, 6) is 0.851. The number of hydrogen-bond acceptors (Lipinski definition) is 3. The summed E-state index contributed by atoms with van der Waals surface area (Å²) in [5, 5.41) is 0. The zero-order chi connectivity index (χ0) is 9.76. The third-order valence-electron chi connectivity index (χ3n) is 4.08. The van der Waals surface area contributed by atoms with Crippen LogP contribution in [-0.2, 0) is 9.53 Å². The molecular weight excluding hydrogens is 178 g/mol. The van der Waals surface area contributed by atoms with Crippen molar-refractivity contribution in [1.82, 2.24) is 4.90 Å². The summed E-state index contributed by atoms with van der Waals surface area (Å²) in [6, 6.07) is 0.724. The van der Waals surface area contributed by atoms with Crippen molar-refractivity contribution in [2.24, 2.45) is 5.92 Å². The smallest absolute Gasteiger partial charge is 0.326 e. The second-order valence-corrected chi connectivity index (χ2v) is 4.82. The zero-order valence-electron chi connectivity index (χ0n) is 8.66. The second kappa shape index (κ2) is 2.72. The van der Waals surface area contributed by atoms with E-state index in [-0.39, 0.29) is 11.5 Å². The van der Waals surface area contributed by atoms with E-state index in [1.54, 1.807) is 0 Å². The van der Waals surface area contributed by atoms with E-state index in [1.165, 1.54) is 12.8 Å². The summed E-state index contributed by atoms with van der Waals surface area (Å²) < 4.78 is 5.22. The Labute approximate surface area is 84.4 Å². The van der Waals surface area contributed by atoms with Crippen molar-refractivity contribution in [1.29, 1.82) is 0 Å². The quantitative estimate of drug-likeness (QED) is 0.620. The maximum absolute atomic E-state index is 12.0. The third-order valence-corrected chi connectivity index (χ3v) is 4.08. The summed E-state index contributed by atoms with van der Waals surface area (Å²) in [6.45, 7) is 3.52. The van der Waals surface area contributed by atoms with Crippen molar-refractivity contribution < 1.29 is 9.53 Å². The summed E-state index contributed by atoms with van der Waals surface area (Å²) >= 11 is 0. The van der Waals surface area contributed by atoms with Gasteiger partial charge in [0.25, 0.3) is 0 Å². The maximum Gasteiger partial charge on any atom is 0.326 e. The highest BCUT2D eigenvalue weighted by molar-refractivity contribution is 5.82. The van der Waals surface area contributed by atoms with Gasteiger partial charge in [0.05, 0.1) is 6.61 Å². The second-order valence-electron chi connectivity index (χ2n) is 4.82. The molecule has 1 aliphatic carbocycles. The van der Waals surface area contributed by atoms with Crippen molar-refractivity contribution in [3.05, 3.63) is 0 Å². The Morgan fingerprint density at radius 1 is 1.64 bits per heavy atom. The zero-order valence-corrected chi connectivity index (χ0v) is 8.66. The normalized spacial score (nSPS) is 44.6. The molecule has 0 aromatic rings. The molecule has 3 fully saturated rings. The minimum absolute atomic E-state index is 0.0460. The average Bonchev–Trinajstić information content (AvgIpc) is 2.66. The van der Waals surface area contributed by atoms with Crippen LogP contribution in [0.3, 0.4) is 0 Å². The van der Waals surface area contributed by atoms with Gasteiger partial charge in [-0.2, -0.15) is 0 Å². The van der Waals surface area contributed by atoms with Gasteiger partial charge in [-0.3, -0.25) is 9.69 Å². The van der Waals surface area contributed by atoms with Gasteiger partial charge in [0.2, 0.25) is 0 Å². The number of carbonyl (C=O) groups excluding carboxylic acids is 1. The fourth-order valence-electron chi connectivity index (χ4n) is 3.44. The van der Waals surface area contributed by atoms with Gasteiger partial charge in [0.1, 0.15) is 5.54 Å². The van der Waals surface area contributed by atoms with Crippen LogP contribution in [0.1, 0.15) is 32.6 Å². The van der Waals surface area contributed by atoms with E-state index < -0.39 is 0 Å². The largest absolute Gasteiger partial charge is 0.465 e. The summed E-state index contributed by atoms with van der Waals surface area (Å²) in [4.78, 5) is 14.4. The Morgan fingerprint density at radius 2 is 2.50 bits per heavy atom. The molecule has 3 atom stereocenters. The fraction of sp³-hybridized carbons (Fsp3) is 0.909. The predicted molar refractivity (Wildman–Crippen MR) is 51.8 cm³/mol. The standard InChI is InChI=1S/C11H17NO2/c1-2-14-10(13)11-4-3-5-12(11)9-6-8(9)7-11/h8-9H,2-7H2,1H3. The molecule has 2 saturated heterocycles. The topological polar surface area (TPSA) is 29.5 Å². The van der Waals surface area contributed by atoms with Gasteiger partial charge in [-0.1, -0.05) is 0 Å². The van der Waals surface area contributed by atoms with Crippen LogP contribution in [0.4, 0.5) is 0 Å². The molecule has 0 radical (unpaired) electrons. The lowest BCUT2D eigenvalue weighted by molar-refractivity contribution is -0.155. The lowest BCUT2D eigenvalue weighted by Gasteiger charge is -2.31. The van der Waals surface area contributed by atoms with Crippen molar-refractivity contribution in [3.63, 3.8) is 0 Å². The predicted octanol–water partition coefficient (Wildman–Crippen LogP) is 1.18. The van der Waals surface area contributed by atoms with Crippen LogP contribution in [0.5, 0.6) is 0 Å². The number of ether oxygens (including phenoxy) is 1. The van der Waals surface area contributed by atoms with E-state index in [0.29, 0.717) is 6.61 Å². The van der Waals surface area contributed by atoms with Crippen LogP contribution in [0.25, 0.3) is 0 Å². The van der Waals surface area contributed by atoms with Crippen molar-refractivity contribution in [2.45, 2.75) is 44.2 Å². The highest BCUT2D eigenvalue weighted by Crippen LogP contribution is 2.57. The van der Waals surface area contributed by atoms with E-state index in [9.17, 15) is 4.79 Å². The molecule has 0 spiro atoms. The minimum atomic E-state index is -0.191. The van der Waals surface area contributed by atoms with Gasteiger partial charge in [0.15, 0.2) is 0 Å². The molecule has 0 bridgehead atoms. The lowest BCUT2D eigenvalue weighted by Crippen LogP contribution is -2.49. The summed E-state index contributed by atoms with van der Waals surface area (Å²) in [7, 11) is 0. The monoisotopic (exact) mass is 195 g/mol. The molecule has 3 rings (SSSR count). The SMILES string of the molecule is CCOC(=O)C12CCCN1C1CC1C2. The number of nitrogens with zero attached hydrogens (tertiary/aromatic N) is 1. The summed E-state index contributed by atoms with van der Waals surface area (Å²) in [6.07, 6.45) is 4.58. The van der Waals surface area contributed by atoms with Crippen molar-refractivity contribution in [3.8, 4) is 0 Å². The lowest BCUT2D eigenvalue weighted by atomic mass is 9.92. The molecule has 3 unspecified atom stereocenters. The van der Waals surface area contributed by atoms with Crippen LogP contribution in [0.2, 0.25) is 0 Å². The van der Waals surface area contributed by atoms with Crippen LogP contribution < -0.4 is 0 Å². The van der Waals surface area contributed by atoms with Gasteiger partial charge in [0, 0.05) is 6.04 Å². The fourth-order valence-corrected chi connectivity index (χ4v) is 3.44. The molecule has 78 valence electrons. The third kappa shape index (κ3) is 0.937. The van der Waals surface area contributed by atoms with Gasteiger partial charge in [-0.25, -0.2) is 0 Å². The first-order valence-corrected chi connectivity index (χ1v) is 5.72. The molecule has 0 N–H and O–H groups in total. The van der Waals surface area contributed by atoms with Gasteiger partial charge in [-0.15, -0.1) is 0 Å². The number of hydrogen-bond donors (Lipinski definition) is 0. The Balaban J connectivity index is 1.84. The molecule has 2 heterocycles. The van der Waals surface area contributed by atoms with Gasteiger partial charge >= 0.3 is 5.97 Å². The maximum atomic E-state index is 12.0. The number of esters is 1. The molecule has 3 nitrogen and oxygen atoms in total. The molecular formula is C11H17NO2. The molecule has 2 aliphatic heterocycles. The number of carbonyl (C=O) groups is 1. The van der Waals surface area contributed by atoms with E-state index in [4.69, 9.17) is 4.74 Å². The highest BCUT2D eigenvalue weighted by Gasteiger charge is 2.64. The first-order chi connectivity index (χ1) is 6.78. The molecule has 3 aliphatic rings. The molecule has 0 aromatic heterocycles. The molecule has 0 aromatic carbocycles. The molecule has 0 amide bonds. The highest BCUT2D eigenvalue weighted by atomic mass is 16.5. The van der Waals surface area contributed by atoms with Crippen LogP contribution in [0.15, 0.2) is 0 Å². The van der Waals surface area contributed by atoms with Crippen LogP contribution >= 0.6 is 0 Å². The first kappa shape index (κ1) is 8.72. The molecule has 3 heteroatoms. The van der Waals surface area contributed by atoms with Crippen LogP contribution in [-0.4, -0.2) is 35.6 Å². The van der Waals surface area contributed by atoms with Gasteiger partial charge in [-0.05, 0) is 45.1 Å². The van der Waals surface area contributed by atoms with E-state index in [2.05, 4.69) is 4.90 Å². The van der Waals surface area contributed by atoms with E-state index >= 15 is 0 Å². The first-order valence-electron chi connectivity index (χ1n) is 5.72. The Kier molecular flexibility index (Phi) is 1.69. The van der Waals surface area contributed by atoms with Gasteiger partial charge < -0.3 is 4.74 Å². The van der Waals surface area contributed by atoms with E-state index in [0.717, 1.165) is 31.3 Å². The average molecular weight is 195 g/mol.